The van der Waals surface area contributed by atoms with E-state index in [4.69, 9.17) is 9.84 Å². The van der Waals surface area contributed by atoms with Gasteiger partial charge in [-0.25, -0.2) is 4.79 Å². The van der Waals surface area contributed by atoms with Crippen molar-refractivity contribution >= 4 is 17.7 Å². The van der Waals surface area contributed by atoms with Gasteiger partial charge in [-0.1, -0.05) is 62.7 Å². The number of aliphatic carboxylic acids is 1. The number of benzene rings is 1. The number of ether oxygens (including phenoxy) is 1. The molecule has 34 heavy (non-hydrogen) atoms. The highest BCUT2D eigenvalue weighted by Crippen LogP contribution is 2.35. The van der Waals surface area contributed by atoms with E-state index in [9.17, 15) is 9.32 Å². The topological polar surface area (TPSA) is 59.0 Å². The lowest BCUT2D eigenvalue weighted by atomic mass is 10.0. The summed E-state index contributed by atoms with van der Waals surface area (Å²) >= 11 is 1.61. The number of fused-ring (bicyclic) bond motifs is 1. The van der Waals surface area contributed by atoms with E-state index in [0.717, 1.165) is 42.8 Å². The Morgan fingerprint density at radius 1 is 1.21 bits per heavy atom. The highest BCUT2D eigenvalue weighted by atomic mass is 32.2. The van der Waals surface area contributed by atoms with Gasteiger partial charge in [-0.2, -0.15) is 4.94 Å². The van der Waals surface area contributed by atoms with Crippen LogP contribution in [0.25, 0.3) is 0 Å². The van der Waals surface area contributed by atoms with Crippen molar-refractivity contribution in [1.82, 2.24) is 4.90 Å². The molecule has 1 N–H and O–H groups in total. The average molecular weight is 488 g/mol. The van der Waals surface area contributed by atoms with Crippen LogP contribution in [0.3, 0.4) is 0 Å². The highest BCUT2D eigenvalue weighted by molar-refractivity contribution is 8.07. The third-order valence-corrected chi connectivity index (χ3v) is 6.93. The minimum Gasteiger partial charge on any atom is -0.482 e. The first-order valence-electron chi connectivity index (χ1n) is 11.3. The fourth-order valence-corrected chi connectivity index (χ4v) is 4.91. The lowest BCUT2D eigenvalue weighted by Crippen LogP contribution is -2.37. The van der Waals surface area contributed by atoms with Crippen LogP contribution in [0.2, 0.25) is 0 Å². The van der Waals surface area contributed by atoms with E-state index in [1.165, 1.54) is 16.0 Å². The number of carbonyl (C=O) groups is 1. The van der Waals surface area contributed by atoms with Crippen LogP contribution in [0.4, 0.5) is 4.53 Å². The number of nitrogens with zero attached hydrogens (tertiary/aromatic N) is 1. The Morgan fingerprint density at radius 3 is 2.53 bits per heavy atom. The zero-order valence-electron chi connectivity index (χ0n) is 20.0. The number of thioether (sulfide) groups is 1. The van der Waals surface area contributed by atoms with Gasteiger partial charge in [0.25, 0.3) is 0 Å². The molecule has 1 aromatic rings. The summed E-state index contributed by atoms with van der Waals surface area (Å²) in [6.07, 6.45) is 8.33. The maximum atomic E-state index is 12.0. The number of hydrogen-bond acceptors (Lipinski definition) is 5. The molecule has 0 radical (unpaired) electrons. The van der Waals surface area contributed by atoms with Crippen LogP contribution < -0.4 is 4.74 Å². The molecule has 0 spiro atoms. The molecule has 1 heterocycles. The Hall–Kier alpha value is -2.61. The van der Waals surface area contributed by atoms with Crippen LogP contribution in [0, 0.1) is 0 Å². The predicted molar refractivity (Wildman–Crippen MR) is 138 cm³/mol. The molecule has 1 aliphatic heterocycles. The quantitative estimate of drug-likeness (QED) is 0.342. The van der Waals surface area contributed by atoms with Gasteiger partial charge in [0.05, 0.1) is 0 Å². The van der Waals surface area contributed by atoms with Crippen molar-refractivity contribution < 1.29 is 24.1 Å². The summed E-state index contributed by atoms with van der Waals surface area (Å²) in [6.45, 7) is 17.5. The standard InChI is InChI=1S/C27H34FNO4S/c1-6-25(26(7-2)34-21(5)20(4)9-8-19(3)17-33-28)29-14-12-22-10-11-24(32-18-27(30)31)16-23(22)13-15-29/h7-11,16,25H,3-6,12-15,17-18H2,1-2H3,(H,30,31)/b9-8-,26-7-. The minimum absolute atomic E-state index is 0.175. The van der Waals surface area contributed by atoms with Gasteiger partial charge in [0, 0.05) is 28.9 Å². The lowest BCUT2D eigenvalue weighted by molar-refractivity contribution is -0.139. The number of halogens is 1. The van der Waals surface area contributed by atoms with E-state index in [2.05, 4.69) is 42.6 Å². The lowest BCUT2D eigenvalue weighted by Gasteiger charge is -2.32. The summed E-state index contributed by atoms with van der Waals surface area (Å²) in [5, 5.41) is 8.85. The Labute approximate surface area is 206 Å². The van der Waals surface area contributed by atoms with E-state index in [0.29, 0.717) is 11.3 Å². The number of carboxylic acids is 1. The molecule has 0 amide bonds. The molecule has 1 unspecified atom stereocenters. The first-order chi connectivity index (χ1) is 16.3. The van der Waals surface area contributed by atoms with Crippen molar-refractivity contribution in [2.24, 2.45) is 0 Å². The SMILES string of the molecule is C=C(/C=C\C(=C)C(=C)S/C(=C\C)C(CC)N1CCc2ccc(OCC(=O)O)cc2CC1)COF. The Kier molecular flexibility index (Phi) is 11.3. The number of allylic oxidation sites excluding steroid dienone is 3. The van der Waals surface area contributed by atoms with Gasteiger partial charge < -0.3 is 9.84 Å². The molecule has 0 aromatic heterocycles. The zero-order chi connectivity index (χ0) is 25.1. The second-order valence-corrected chi connectivity index (χ2v) is 9.23. The van der Waals surface area contributed by atoms with Crippen LogP contribution >= 0.6 is 11.8 Å². The predicted octanol–water partition coefficient (Wildman–Crippen LogP) is 6.05. The molecule has 0 saturated heterocycles. The Morgan fingerprint density at radius 2 is 1.91 bits per heavy atom. The summed E-state index contributed by atoms with van der Waals surface area (Å²) in [5.74, 6) is -0.392. The number of carboxylic acid groups (broad SMARTS) is 1. The van der Waals surface area contributed by atoms with E-state index in [1.54, 1.807) is 23.9 Å². The second kappa shape index (κ2) is 13.9. The smallest absolute Gasteiger partial charge is 0.341 e. The molecular formula is C27H34FNO4S. The van der Waals surface area contributed by atoms with Gasteiger partial charge in [-0.05, 0) is 65.1 Å². The maximum absolute atomic E-state index is 12.0. The fourth-order valence-electron chi connectivity index (χ4n) is 3.86. The third-order valence-electron chi connectivity index (χ3n) is 5.68. The molecule has 0 aliphatic carbocycles. The minimum atomic E-state index is -0.984. The van der Waals surface area contributed by atoms with Crippen LogP contribution in [0.1, 0.15) is 31.4 Å². The molecule has 7 heteroatoms. The van der Waals surface area contributed by atoms with Crippen LogP contribution in [-0.4, -0.2) is 48.3 Å². The van der Waals surface area contributed by atoms with Crippen molar-refractivity contribution in [2.45, 2.75) is 39.2 Å². The van der Waals surface area contributed by atoms with E-state index < -0.39 is 5.97 Å². The first kappa shape index (κ1) is 27.6. The fraction of sp³-hybridized carbons (Fsp3) is 0.370. The zero-order valence-corrected chi connectivity index (χ0v) is 20.8. The molecule has 1 atom stereocenters. The second-order valence-electron chi connectivity index (χ2n) is 8.06. The van der Waals surface area contributed by atoms with Crippen LogP contribution in [0.5, 0.6) is 5.75 Å². The Balaban J connectivity index is 2.05. The summed E-state index contributed by atoms with van der Waals surface area (Å²) in [4.78, 5) is 18.9. The van der Waals surface area contributed by atoms with E-state index in [1.807, 2.05) is 25.1 Å². The largest absolute Gasteiger partial charge is 0.482 e. The van der Waals surface area contributed by atoms with Gasteiger partial charge in [-0.15, -0.1) is 0 Å². The van der Waals surface area contributed by atoms with Crippen molar-refractivity contribution in [1.29, 1.82) is 0 Å². The monoisotopic (exact) mass is 487 g/mol. The Bertz CT molecular complexity index is 969. The molecule has 1 aromatic carbocycles. The normalized spacial score (nSPS) is 15.4. The number of rotatable bonds is 13. The maximum Gasteiger partial charge on any atom is 0.341 e. The molecule has 0 saturated carbocycles. The molecular weight excluding hydrogens is 453 g/mol. The molecule has 5 nitrogen and oxygen atoms in total. The molecule has 184 valence electrons. The van der Waals surface area contributed by atoms with Crippen molar-refractivity contribution in [2.75, 3.05) is 26.3 Å². The van der Waals surface area contributed by atoms with E-state index in [-0.39, 0.29) is 19.3 Å². The summed E-state index contributed by atoms with van der Waals surface area (Å²) < 4.78 is 17.3. The third kappa shape index (κ3) is 8.31. The molecule has 2 rings (SSSR count). The van der Waals surface area contributed by atoms with Gasteiger partial charge in [0.2, 0.25) is 0 Å². The van der Waals surface area contributed by atoms with E-state index >= 15 is 0 Å². The van der Waals surface area contributed by atoms with Crippen molar-refractivity contribution in [3.05, 3.63) is 88.2 Å². The van der Waals surface area contributed by atoms with Gasteiger partial charge in [0.15, 0.2) is 6.61 Å². The first-order valence-corrected chi connectivity index (χ1v) is 12.1. The van der Waals surface area contributed by atoms with Gasteiger partial charge in [-0.3, -0.25) is 4.90 Å². The molecule has 0 bridgehead atoms. The average Bonchev–Trinajstić information content (AvgIpc) is 3.03. The van der Waals surface area contributed by atoms with Crippen molar-refractivity contribution in [3.8, 4) is 5.75 Å². The summed E-state index contributed by atoms with van der Waals surface area (Å²) in [6, 6.07) is 6.10. The summed E-state index contributed by atoms with van der Waals surface area (Å²) in [7, 11) is 0. The molecule has 0 fully saturated rings. The van der Waals surface area contributed by atoms with Crippen LogP contribution in [-0.2, 0) is 22.6 Å². The van der Waals surface area contributed by atoms with Crippen LogP contribution in [0.15, 0.2) is 77.1 Å². The molecule has 1 aliphatic rings. The van der Waals surface area contributed by atoms with Gasteiger partial charge >= 0.3 is 5.97 Å². The van der Waals surface area contributed by atoms with Crippen molar-refractivity contribution in [3.63, 3.8) is 0 Å². The summed E-state index contributed by atoms with van der Waals surface area (Å²) in [5.41, 5.74) is 3.74. The highest BCUT2D eigenvalue weighted by Gasteiger charge is 2.24. The van der Waals surface area contributed by atoms with Gasteiger partial charge in [0.1, 0.15) is 12.4 Å². The number of hydrogen-bond donors (Lipinski definition) is 1.